The van der Waals surface area contributed by atoms with Gasteiger partial charge in [0.15, 0.2) is 12.2 Å². The second-order valence-electron chi connectivity index (χ2n) is 26.9. The van der Waals surface area contributed by atoms with Crippen LogP contribution in [0.2, 0.25) is 0 Å². The normalized spacial score (nSPS) is 14.1. The van der Waals surface area contributed by atoms with E-state index in [9.17, 15) is 43.2 Å². The van der Waals surface area contributed by atoms with Crippen LogP contribution < -0.4 is 0 Å². The topological polar surface area (TPSA) is 237 Å². The molecule has 0 amide bonds. The van der Waals surface area contributed by atoms with E-state index in [4.69, 9.17) is 37.0 Å². The standard InChI is InChI=1S/C72H140O17P2/c1-7-9-11-13-15-17-19-20-21-22-23-27-32-38-45-51-57-72(77)88-67(60-82-69(74)54-48-42-36-30-28-24-26-29-34-40-46-52-64(3)4)62-86-90(78,79)84-58-66(73)59-85-91(80,81)87-63-68(61-83-70(75)55-49-43-39-33-35-41-47-53-65(5)6)89-71(76)56-50-44-37-31-25-18-16-14-12-10-8-2/h64-68,73H,7-63H2,1-6H3,(H,78,79)(H,80,81)/t66-,67-,68-/m1/s1. The predicted molar refractivity (Wildman–Crippen MR) is 368 cm³/mol. The monoisotopic (exact) mass is 1340 g/mol. The van der Waals surface area contributed by atoms with E-state index in [2.05, 4.69) is 41.5 Å². The first-order chi connectivity index (χ1) is 43.9. The molecule has 0 aliphatic carbocycles. The molecular weight excluding hydrogens is 1200 g/mol. The Morgan fingerprint density at radius 3 is 0.747 bits per heavy atom. The molecule has 0 saturated carbocycles. The number of aliphatic hydroxyl groups excluding tert-OH is 1. The quantitative estimate of drug-likeness (QED) is 0.0222. The van der Waals surface area contributed by atoms with Gasteiger partial charge in [0.2, 0.25) is 0 Å². The van der Waals surface area contributed by atoms with Crippen molar-refractivity contribution in [2.24, 2.45) is 11.8 Å². The fourth-order valence-electron chi connectivity index (χ4n) is 10.9. The Kier molecular flexibility index (Phi) is 62.7. The van der Waals surface area contributed by atoms with E-state index < -0.39 is 97.5 Å². The summed E-state index contributed by atoms with van der Waals surface area (Å²) in [6, 6.07) is 0. The molecule has 0 saturated heterocycles. The number of carbonyl (C=O) groups is 4. The van der Waals surface area contributed by atoms with Crippen LogP contribution in [0.1, 0.15) is 369 Å². The number of phosphoric ester groups is 2. The summed E-state index contributed by atoms with van der Waals surface area (Å²) in [5.74, 6) is -0.644. The lowest BCUT2D eigenvalue weighted by Crippen LogP contribution is -2.30. The highest BCUT2D eigenvalue weighted by atomic mass is 31.2. The minimum absolute atomic E-state index is 0.106. The highest BCUT2D eigenvalue weighted by molar-refractivity contribution is 7.47. The van der Waals surface area contributed by atoms with Gasteiger partial charge >= 0.3 is 39.5 Å². The molecule has 0 spiro atoms. The van der Waals surface area contributed by atoms with Gasteiger partial charge in [0, 0.05) is 25.7 Å². The van der Waals surface area contributed by atoms with Crippen LogP contribution >= 0.6 is 15.6 Å². The van der Waals surface area contributed by atoms with Crippen LogP contribution in [0.5, 0.6) is 0 Å². The van der Waals surface area contributed by atoms with Crippen molar-refractivity contribution in [3.05, 3.63) is 0 Å². The third kappa shape index (κ3) is 66.5. The van der Waals surface area contributed by atoms with Gasteiger partial charge in [0.25, 0.3) is 0 Å². The second-order valence-corrected chi connectivity index (χ2v) is 29.8. The summed E-state index contributed by atoms with van der Waals surface area (Å²) in [6.07, 6.45) is 49.9. The zero-order valence-corrected chi connectivity index (χ0v) is 60.9. The van der Waals surface area contributed by atoms with Gasteiger partial charge in [-0.25, -0.2) is 9.13 Å². The molecule has 17 nitrogen and oxygen atoms in total. The van der Waals surface area contributed by atoms with Gasteiger partial charge in [0.1, 0.15) is 19.3 Å². The third-order valence-electron chi connectivity index (χ3n) is 16.7. The van der Waals surface area contributed by atoms with E-state index in [-0.39, 0.29) is 25.7 Å². The van der Waals surface area contributed by atoms with E-state index in [1.807, 2.05) is 0 Å². The summed E-state index contributed by atoms with van der Waals surface area (Å²) in [4.78, 5) is 72.6. The summed E-state index contributed by atoms with van der Waals surface area (Å²) in [7, 11) is -9.90. The molecule has 0 aliphatic heterocycles. The molecule has 91 heavy (non-hydrogen) atoms. The molecule has 3 N–H and O–H groups in total. The maximum Gasteiger partial charge on any atom is 0.472 e. The minimum Gasteiger partial charge on any atom is -0.462 e. The van der Waals surface area contributed by atoms with Gasteiger partial charge in [-0.2, -0.15) is 0 Å². The molecule has 0 rings (SSSR count). The van der Waals surface area contributed by atoms with Gasteiger partial charge < -0.3 is 33.8 Å². The van der Waals surface area contributed by atoms with Crippen LogP contribution in [0.4, 0.5) is 0 Å². The van der Waals surface area contributed by atoms with Crippen LogP contribution in [-0.2, 0) is 65.4 Å². The molecule has 0 aliphatic rings. The summed E-state index contributed by atoms with van der Waals surface area (Å²) in [6.45, 7) is 9.51. The molecule has 0 aromatic rings. The molecule has 0 bridgehead atoms. The Hall–Kier alpha value is -1.94. The summed E-state index contributed by atoms with van der Waals surface area (Å²) in [5, 5.41) is 10.6. The van der Waals surface area contributed by atoms with Gasteiger partial charge in [-0.05, 0) is 37.5 Å². The Bertz CT molecular complexity index is 1770. The molecule has 0 heterocycles. The maximum atomic E-state index is 13.0. The molecule has 0 fully saturated rings. The number of phosphoric acid groups is 2. The first-order valence-electron chi connectivity index (χ1n) is 37.5. The number of esters is 4. The van der Waals surface area contributed by atoms with Crippen molar-refractivity contribution in [1.29, 1.82) is 0 Å². The van der Waals surface area contributed by atoms with Crippen LogP contribution in [0, 0.1) is 11.8 Å². The Morgan fingerprint density at radius 1 is 0.297 bits per heavy atom. The molecule has 0 radical (unpaired) electrons. The molecule has 19 heteroatoms. The van der Waals surface area contributed by atoms with Crippen LogP contribution in [0.15, 0.2) is 0 Å². The molecule has 0 aromatic carbocycles. The lowest BCUT2D eigenvalue weighted by Gasteiger charge is -2.21. The molecule has 5 atom stereocenters. The Balaban J connectivity index is 5.24. The number of unbranched alkanes of at least 4 members (excludes halogenated alkanes) is 41. The smallest absolute Gasteiger partial charge is 0.462 e. The van der Waals surface area contributed by atoms with Crippen molar-refractivity contribution >= 4 is 39.5 Å². The van der Waals surface area contributed by atoms with E-state index in [0.29, 0.717) is 31.6 Å². The number of rotatable bonds is 71. The number of ether oxygens (including phenoxy) is 4. The second kappa shape index (κ2) is 64.1. The lowest BCUT2D eigenvalue weighted by molar-refractivity contribution is -0.161. The number of hydrogen-bond donors (Lipinski definition) is 3. The average molecular weight is 1340 g/mol. The van der Waals surface area contributed by atoms with Crippen LogP contribution in [0.3, 0.4) is 0 Å². The number of carbonyl (C=O) groups excluding carboxylic acids is 4. The van der Waals surface area contributed by atoms with Crippen molar-refractivity contribution < 1.29 is 80.2 Å². The fraction of sp³-hybridized carbons (Fsp3) is 0.944. The highest BCUT2D eigenvalue weighted by Crippen LogP contribution is 2.45. The predicted octanol–water partition coefficient (Wildman–Crippen LogP) is 20.8. The Morgan fingerprint density at radius 2 is 0.505 bits per heavy atom. The van der Waals surface area contributed by atoms with E-state index in [1.54, 1.807) is 0 Å². The van der Waals surface area contributed by atoms with E-state index in [1.165, 1.54) is 180 Å². The highest BCUT2D eigenvalue weighted by Gasteiger charge is 2.30. The van der Waals surface area contributed by atoms with Gasteiger partial charge in [-0.1, -0.05) is 318 Å². The van der Waals surface area contributed by atoms with Crippen LogP contribution in [-0.4, -0.2) is 96.7 Å². The zero-order valence-electron chi connectivity index (χ0n) is 59.1. The number of aliphatic hydroxyl groups is 1. The van der Waals surface area contributed by atoms with E-state index >= 15 is 0 Å². The molecule has 0 aromatic heterocycles. The largest absolute Gasteiger partial charge is 0.472 e. The van der Waals surface area contributed by atoms with Crippen molar-refractivity contribution in [3.8, 4) is 0 Å². The third-order valence-corrected chi connectivity index (χ3v) is 18.6. The first-order valence-corrected chi connectivity index (χ1v) is 40.5. The molecule has 540 valence electrons. The van der Waals surface area contributed by atoms with Gasteiger partial charge in [-0.3, -0.25) is 37.3 Å². The maximum absolute atomic E-state index is 13.0. The SMILES string of the molecule is CCCCCCCCCCCCCCCCCCC(=O)O[C@H](COC(=O)CCCCCCCCCCCCCC(C)C)COP(=O)(O)OC[C@@H](O)COP(=O)(O)OC[C@@H](COC(=O)CCCCCCCCCC(C)C)OC(=O)CCCCCCCCCCCCC. The minimum atomic E-state index is -4.95. The summed E-state index contributed by atoms with van der Waals surface area (Å²) >= 11 is 0. The van der Waals surface area contributed by atoms with Crippen LogP contribution in [0.25, 0.3) is 0 Å². The van der Waals surface area contributed by atoms with Gasteiger partial charge in [0.05, 0.1) is 26.4 Å². The van der Waals surface area contributed by atoms with E-state index in [0.717, 1.165) is 102 Å². The summed E-state index contributed by atoms with van der Waals surface area (Å²) in [5.41, 5.74) is 0. The lowest BCUT2D eigenvalue weighted by atomic mass is 10.0. The summed E-state index contributed by atoms with van der Waals surface area (Å²) < 4.78 is 68.4. The molecule has 2 unspecified atom stereocenters. The molecular formula is C72H140O17P2. The van der Waals surface area contributed by atoms with Gasteiger partial charge in [-0.15, -0.1) is 0 Å². The first kappa shape index (κ1) is 89.1. The average Bonchev–Trinajstić information content (AvgIpc) is 3.05. The fourth-order valence-corrected chi connectivity index (χ4v) is 12.5. The van der Waals surface area contributed by atoms with Crippen molar-refractivity contribution in [3.63, 3.8) is 0 Å². The Labute approximate surface area is 556 Å². The van der Waals surface area contributed by atoms with Crippen molar-refractivity contribution in [1.82, 2.24) is 0 Å². The number of hydrogen-bond acceptors (Lipinski definition) is 15. The van der Waals surface area contributed by atoms with Crippen molar-refractivity contribution in [2.45, 2.75) is 387 Å². The van der Waals surface area contributed by atoms with Crippen molar-refractivity contribution in [2.75, 3.05) is 39.6 Å². The zero-order chi connectivity index (χ0) is 67.2.